The minimum absolute atomic E-state index is 0.0643. The third-order valence-corrected chi connectivity index (χ3v) is 7.56. The maximum absolute atomic E-state index is 13.8. The summed E-state index contributed by atoms with van der Waals surface area (Å²) < 4.78 is 0. The largest absolute Gasteiger partial charge is 0.352 e. The second-order valence-electron chi connectivity index (χ2n) is 9.58. The Morgan fingerprint density at radius 1 is 0.892 bits per heavy atom. The van der Waals surface area contributed by atoms with Crippen molar-refractivity contribution in [3.63, 3.8) is 0 Å². The number of halogens is 2. The summed E-state index contributed by atoms with van der Waals surface area (Å²) in [5.41, 5.74) is 5.18. The van der Waals surface area contributed by atoms with Gasteiger partial charge in [-0.05, 0) is 51.0 Å². The van der Waals surface area contributed by atoms with Crippen molar-refractivity contribution in [1.29, 1.82) is 0 Å². The molecule has 0 aliphatic rings. The molecule has 0 heterocycles. The summed E-state index contributed by atoms with van der Waals surface area (Å²) in [6.07, 6.45) is 0.384. The first kappa shape index (κ1) is 29.1. The van der Waals surface area contributed by atoms with E-state index in [-0.39, 0.29) is 30.2 Å². The summed E-state index contributed by atoms with van der Waals surface area (Å²) in [5.74, 6) is 0.603. The van der Waals surface area contributed by atoms with E-state index in [4.69, 9.17) is 23.2 Å². The van der Waals surface area contributed by atoms with Gasteiger partial charge in [0, 0.05) is 40.4 Å². The molecule has 0 radical (unpaired) electrons. The Morgan fingerprint density at radius 3 is 2.11 bits per heavy atom. The zero-order valence-electron chi connectivity index (χ0n) is 21.8. The predicted molar refractivity (Wildman–Crippen MR) is 156 cm³/mol. The third kappa shape index (κ3) is 8.80. The van der Waals surface area contributed by atoms with Gasteiger partial charge in [0.05, 0.1) is 5.75 Å². The van der Waals surface area contributed by atoms with Crippen LogP contribution in [0.4, 0.5) is 0 Å². The SMILES string of the molecule is Cc1cc(C)cc(CSCC(=O)N(Cc2c(Cl)cccc2Cl)C(Cc2ccccc2)C(=O)NC(C)C)c1. The van der Waals surface area contributed by atoms with Crippen molar-refractivity contribution >= 4 is 46.8 Å². The number of benzene rings is 3. The van der Waals surface area contributed by atoms with E-state index >= 15 is 0 Å². The molecule has 0 aromatic heterocycles. The van der Waals surface area contributed by atoms with E-state index in [1.807, 2.05) is 44.2 Å². The van der Waals surface area contributed by atoms with Gasteiger partial charge < -0.3 is 10.2 Å². The van der Waals surface area contributed by atoms with Gasteiger partial charge in [-0.15, -0.1) is 11.8 Å². The zero-order valence-corrected chi connectivity index (χ0v) is 24.1. The Labute approximate surface area is 234 Å². The fourth-order valence-electron chi connectivity index (χ4n) is 4.28. The van der Waals surface area contributed by atoms with E-state index in [0.29, 0.717) is 27.8 Å². The molecule has 2 amide bonds. The molecular formula is C30H34Cl2N2O2S. The van der Waals surface area contributed by atoms with Gasteiger partial charge in [0.15, 0.2) is 0 Å². The van der Waals surface area contributed by atoms with Gasteiger partial charge in [-0.25, -0.2) is 0 Å². The molecule has 4 nitrogen and oxygen atoms in total. The van der Waals surface area contributed by atoms with Crippen molar-refractivity contribution in [3.8, 4) is 0 Å². The van der Waals surface area contributed by atoms with Gasteiger partial charge in [-0.3, -0.25) is 9.59 Å². The molecular weight excluding hydrogens is 523 g/mol. The topological polar surface area (TPSA) is 49.4 Å². The summed E-state index contributed by atoms with van der Waals surface area (Å²) in [7, 11) is 0. The van der Waals surface area contributed by atoms with Crippen molar-refractivity contribution < 1.29 is 9.59 Å². The third-order valence-electron chi connectivity index (χ3n) is 5.87. The monoisotopic (exact) mass is 556 g/mol. The highest BCUT2D eigenvalue weighted by Crippen LogP contribution is 2.28. The zero-order chi connectivity index (χ0) is 26.9. The Balaban J connectivity index is 1.90. The highest BCUT2D eigenvalue weighted by molar-refractivity contribution is 7.99. The minimum atomic E-state index is -0.716. The molecule has 0 saturated heterocycles. The van der Waals surface area contributed by atoms with Gasteiger partial charge in [0.1, 0.15) is 6.04 Å². The van der Waals surface area contributed by atoms with Crippen LogP contribution in [0.1, 0.15) is 41.7 Å². The van der Waals surface area contributed by atoms with Crippen molar-refractivity contribution in [3.05, 3.63) is 105 Å². The predicted octanol–water partition coefficient (Wildman–Crippen LogP) is 7.01. The maximum Gasteiger partial charge on any atom is 0.243 e. The summed E-state index contributed by atoms with van der Waals surface area (Å²) in [6, 6.07) is 20.6. The Kier molecular flexibility index (Phi) is 10.9. The molecule has 7 heteroatoms. The lowest BCUT2D eigenvalue weighted by atomic mass is 10.0. The van der Waals surface area contributed by atoms with Gasteiger partial charge in [-0.1, -0.05) is 88.9 Å². The van der Waals surface area contributed by atoms with Gasteiger partial charge in [-0.2, -0.15) is 0 Å². The molecule has 0 bridgehead atoms. The smallest absolute Gasteiger partial charge is 0.243 e. The number of carbonyl (C=O) groups is 2. The highest BCUT2D eigenvalue weighted by Gasteiger charge is 2.31. The molecule has 3 aromatic carbocycles. The van der Waals surface area contributed by atoms with Crippen molar-refractivity contribution in [1.82, 2.24) is 10.2 Å². The normalized spacial score (nSPS) is 11.9. The lowest BCUT2D eigenvalue weighted by Crippen LogP contribution is -2.52. The van der Waals surface area contributed by atoms with Crippen LogP contribution in [0.2, 0.25) is 10.0 Å². The number of amides is 2. The van der Waals surface area contributed by atoms with Gasteiger partial charge >= 0.3 is 0 Å². The van der Waals surface area contributed by atoms with Crippen LogP contribution >= 0.6 is 35.0 Å². The summed E-state index contributed by atoms with van der Waals surface area (Å²) >= 11 is 14.5. The average Bonchev–Trinajstić information content (AvgIpc) is 2.82. The van der Waals surface area contributed by atoms with E-state index < -0.39 is 6.04 Å². The maximum atomic E-state index is 13.8. The van der Waals surface area contributed by atoms with Gasteiger partial charge in [0.25, 0.3) is 0 Å². The molecule has 196 valence electrons. The molecule has 0 saturated carbocycles. The van der Waals surface area contributed by atoms with E-state index in [0.717, 1.165) is 5.56 Å². The first-order valence-electron chi connectivity index (χ1n) is 12.4. The van der Waals surface area contributed by atoms with E-state index in [1.165, 1.54) is 28.5 Å². The number of hydrogen-bond donors (Lipinski definition) is 1. The quantitative estimate of drug-likeness (QED) is 0.276. The standard InChI is InChI=1S/C30H34Cl2N2O2S/c1-20(2)33-30(36)28(16-23-9-6-5-7-10-23)34(17-25-26(31)11-8-12-27(25)32)29(35)19-37-18-24-14-21(3)13-22(4)15-24/h5-15,20,28H,16-19H2,1-4H3,(H,33,36). The second-order valence-corrected chi connectivity index (χ2v) is 11.4. The summed E-state index contributed by atoms with van der Waals surface area (Å²) in [5, 5.41) is 3.94. The number of aryl methyl sites for hydroxylation is 2. The van der Waals surface area contributed by atoms with Crippen LogP contribution in [-0.2, 0) is 28.3 Å². The Bertz CT molecular complexity index is 1180. The fraction of sp³-hybridized carbons (Fsp3) is 0.333. The summed E-state index contributed by atoms with van der Waals surface area (Å²) in [6.45, 7) is 8.11. The number of nitrogens with zero attached hydrogens (tertiary/aromatic N) is 1. The summed E-state index contributed by atoms with van der Waals surface area (Å²) in [4.78, 5) is 28.8. The number of carbonyl (C=O) groups excluding carboxylic acids is 2. The lowest BCUT2D eigenvalue weighted by Gasteiger charge is -2.32. The van der Waals surface area contributed by atoms with Crippen LogP contribution in [0.5, 0.6) is 0 Å². The average molecular weight is 558 g/mol. The Morgan fingerprint density at radius 2 is 1.51 bits per heavy atom. The molecule has 0 aliphatic heterocycles. The second kappa shape index (κ2) is 13.9. The first-order valence-corrected chi connectivity index (χ1v) is 14.3. The minimum Gasteiger partial charge on any atom is -0.352 e. The van der Waals surface area contributed by atoms with Crippen molar-refractivity contribution in [2.24, 2.45) is 0 Å². The van der Waals surface area contributed by atoms with E-state index in [1.54, 1.807) is 23.1 Å². The van der Waals surface area contributed by atoms with Crippen LogP contribution in [0.3, 0.4) is 0 Å². The molecule has 1 unspecified atom stereocenters. The molecule has 0 fully saturated rings. The molecule has 3 aromatic rings. The molecule has 1 atom stereocenters. The van der Waals surface area contributed by atoms with Crippen LogP contribution in [0.25, 0.3) is 0 Å². The molecule has 37 heavy (non-hydrogen) atoms. The number of nitrogens with one attached hydrogen (secondary N) is 1. The van der Waals surface area contributed by atoms with Crippen LogP contribution < -0.4 is 5.32 Å². The number of hydrogen-bond acceptors (Lipinski definition) is 3. The van der Waals surface area contributed by atoms with Gasteiger partial charge in [0.2, 0.25) is 11.8 Å². The fourth-order valence-corrected chi connectivity index (χ4v) is 5.64. The molecule has 0 aliphatic carbocycles. The highest BCUT2D eigenvalue weighted by atomic mass is 35.5. The van der Waals surface area contributed by atoms with Crippen LogP contribution in [-0.4, -0.2) is 34.6 Å². The number of thioether (sulfide) groups is 1. The first-order chi connectivity index (χ1) is 17.6. The van der Waals surface area contributed by atoms with E-state index in [2.05, 4.69) is 37.4 Å². The van der Waals surface area contributed by atoms with Crippen molar-refractivity contribution in [2.45, 2.75) is 58.5 Å². The van der Waals surface area contributed by atoms with Crippen molar-refractivity contribution in [2.75, 3.05) is 5.75 Å². The van der Waals surface area contributed by atoms with E-state index in [9.17, 15) is 9.59 Å². The van der Waals surface area contributed by atoms with Crippen LogP contribution in [0, 0.1) is 13.8 Å². The Hall–Kier alpha value is -2.47. The molecule has 0 spiro atoms. The van der Waals surface area contributed by atoms with Crippen LogP contribution in [0.15, 0.2) is 66.7 Å². The molecule has 3 rings (SSSR count). The lowest BCUT2D eigenvalue weighted by molar-refractivity contribution is -0.139. The number of rotatable bonds is 11. The molecule has 1 N–H and O–H groups in total.